The Hall–Kier alpha value is -2.57. The van der Waals surface area contributed by atoms with E-state index in [0.717, 1.165) is 5.56 Å². The summed E-state index contributed by atoms with van der Waals surface area (Å²) in [6.45, 7) is 5.85. The summed E-state index contributed by atoms with van der Waals surface area (Å²) < 4.78 is 7.02. The van der Waals surface area contributed by atoms with Crippen LogP contribution in [0.15, 0.2) is 39.9 Å². The fourth-order valence-corrected chi connectivity index (χ4v) is 3.06. The van der Waals surface area contributed by atoms with Crippen LogP contribution in [0.2, 0.25) is 10.2 Å². The average Bonchev–Trinajstić information content (AvgIpc) is 3.09. The molecule has 0 saturated carbocycles. The van der Waals surface area contributed by atoms with Gasteiger partial charge < -0.3 is 4.42 Å². The molecule has 0 aliphatic rings. The van der Waals surface area contributed by atoms with Crippen molar-refractivity contribution in [1.82, 2.24) is 15.2 Å². The lowest BCUT2D eigenvalue weighted by Crippen LogP contribution is -2.17. The Morgan fingerprint density at radius 2 is 1.96 bits per heavy atom. The summed E-state index contributed by atoms with van der Waals surface area (Å²) in [7, 11) is 0. The van der Waals surface area contributed by atoms with Gasteiger partial charge in [-0.25, -0.2) is 10.1 Å². The molecule has 2 aromatic heterocycles. The molecular formula is C19H18Cl2N4O2. The fourth-order valence-electron chi connectivity index (χ4n) is 2.65. The van der Waals surface area contributed by atoms with Crippen LogP contribution in [0.4, 0.5) is 0 Å². The first-order valence-electron chi connectivity index (χ1n) is 8.23. The van der Waals surface area contributed by atoms with Crippen LogP contribution < -0.4 is 5.43 Å². The van der Waals surface area contributed by atoms with Gasteiger partial charge in [-0.15, -0.1) is 0 Å². The molecule has 27 heavy (non-hydrogen) atoms. The van der Waals surface area contributed by atoms with Crippen molar-refractivity contribution in [3.63, 3.8) is 0 Å². The molecule has 140 valence electrons. The van der Waals surface area contributed by atoms with Gasteiger partial charge in [-0.1, -0.05) is 35.3 Å². The van der Waals surface area contributed by atoms with E-state index in [1.165, 1.54) is 6.21 Å². The number of halogens is 2. The Morgan fingerprint density at radius 3 is 2.59 bits per heavy atom. The third kappa shape index (κ3) is 4.40. The number of carbonyl (C=O) groups excluding carboxylic acids is 1. The zero-order chi connectivity index (χ0) is 19.6. The molecule has 2 heterocycles. The van der Waals surface area contributed by atoms with Gasteiger partial charge >= 0.3 is 0 Å². The summed E-state index contributed by atoms with van der Waals surface area (Å²) in [5.74, 6) is 0.872. The first kappa shape index (κ1) is 19.2. The highest BCUT2D eigenvalue weighted by atomic mass is 35.5. The minimum atomic E-state index is -0.345. The van der Waals surface area contributed by atoms with Crippen molar-refractivity contribution in [2.45, 2.75) is 27.3 Å². The number of hydrazone groups is 1. The van der Waals surface area contributed by atoms with Gasteiger partial charge in [0.15, 0.2) is 0 Å². The van der Waals surface area contributed by atoms with E-state index in [4.69, 9.17) is 27.6 Å². The molecule has 0 spiro atoms. The lowest BCUT2D eigenvalue weighted by atomic mass is 10.2. The van der Waals surface area contributed by atoms with E-state index in [9.17, 15) is 4.79 Å². The summed E-state index contributed by atoms with van der Waals surface area (Å²) in [4.78, 5) is 12.2. The summed E-state index contributed by atoms with van der Waals surface area (Å²) in [6, 6.07) is 9.14. The van der Waals surface area contributed by atoms with E-state index in [1.54, 1.807) is 24.6 Å². The second-order valence-corrected chi connectivity index (χ2v) is 6.89. The van der Waals surface area contributed by atoms with Gasteiger partial charge in [0.05, 0.1) is 29.6 Å². The molecule has 1 N–H and O–H groups in total. The number of rotatable bonds is 5. The average molecular weight is 405 g/mol. The third-order valence-electron chi connectivity index (χ3n) is 4.00. The zero-order valence-electron chi connectivity index (χ0n) is 15.1. The molecule has 8 heteroatoms. The van der Waals surface area contributed by atoms with E-state index in [0.29, 0.717) is 45.1 Å². The third-order valence-corrected chi connectivity index (χ3v) is 4.65. The molecule has 0 radical (unpaired) electrons. The van der Waals surface area contributed by atoms with E-state index < -0.39 is 0 Å². The molecule has 0 aliphatic carbocycles. The zero-order valence-corrected chi connectivity index (χ0v) is 16.6. The van der Waals surface area contributed by atoms with Crippen LogP contribution in [-0.2, 0) is 6.54 Å². The minimum Gasteiger partial charge on any atom is -0.466 e. The molecule has 0 atom stereocenters. The highest BCUT2D eigenvalue weighted by Crippen LogP contribution is 2.20. The van der Waals surface area contributed by atoms with E-state index in [2.05, 4.69) is 15.6 Å². The Kier molecular flexibility index (Phi) is 5.68. The lowest BCUT2D eigenvalue weighted by molar-refractivity contribution is 0.0953. The largest absolute Gasteiger partial charge is 0.466 e. The summed E-state index contributed by atoms with van der Waals surface area (Å²) in [6.07, 6.45) is 1.49. The summed E-state index contributed by atoms with van der Waals surface area (Å²) in [5.41, 5.74) is 5.31. The molecule has 1 aromatic carbocycles. The van der Waals surface area contributed by atoms with Gasteiger partial charge in [0.1, 0.15) is 16.7 Å². The van der Waals surface area contributed by atoms with Crippen molar-refractivity contribution in [3.8, 4) is 0 Å². The maximum atomic E-state index is 12.2. The van der Waals surface area contributed by atoms with Gasteiger partial charge in [0.2, 0.25) is 0 Å². The number of benzene rings is 1. The molecule has 0 aliphatic heterocycles. The predicted molar refractivity (Wildman–Crippen MR) is 106 cm³/mol. The van der Waals surface area contributed by atoms with Gasteiger partial charge in [0, 0.05) is 5.02 Å². The molecule has 0 saturated heterocycles. The van der Waals surface area contributed by atoms with Gasteiger partial charge in [-0.3, -0.25) is 4.79 Å². The highest BCUT2D eigenvalue weighted by molar-refractivity contribution is 6.32. The highest BCUT2D eigenvalue weighted by Gasteiger charge is 2.14. The molecular weight excluding hydrogens is 387 g/mol. The number of hydrogen-bond donors (Lipinski definition) is 1. The van der Waals surface area contributed by atoms with Crippen molar-refractivity contribution in [3.05, 3.63) is 74.4 Å². The van der Waals surface area contributed by atoms with Crippen LogP contribution in [0, 0.1) is 20.8 Å². The number of hydrogen-bond acceptors (Lipinski definition) is 4. The first-order chi connectivity index (χ1) is 12.8. The number of amides is 1. The minimum absolute atomic E-state index is 0.345. The van der Waals surface area contributed by atoms with Crippen LogP contribution in [0.1, 0.15) is 38.7 Å². The summed E-state index contributed by atoms with van der Waals surface area (Å²) >= 11 is 12.3. The van der Waals surface area contributed by atoms with E-state index in [1.807, 2.05) is 31.2 Å². The number of aryl methyl sites for hydroxylation is 3. The van der Waals surface area contributed by atoms with E-state index >= 15 is 0 Å². The van der Waals surface area contributed by atoms with Crippen LogP contribution >= 0.6 is 23.2 Å². The normalized spacial score (nSPS) is 11.3. The van der Waals surface area contributed by atoms with Gasteiger partial charge in [0.25, 0.3) is 5.91 Å². The van der Waals surface area contributed by atoms with Crippen molar-refractivity contribution in [2.24, 2.45) is 5.10 Å². The SMILES string of the molecule is Cc1cc(C(=O)N/N=C\c2c(C)nn(Cc3ccc(Cl)cc3)c2Cl)c(C)o1. The number of furan rings is 1. The molecule has 0 fully saturated rings. The molecule has 3 rings (SSSR count). The van der Waals surface area contributed by atoms with E-state index in [-0.39, 0.29) is 5.91 Å². The number of carbonyl (C=O) groups is 1. The Labute approximate surface area is 166 Å². The van der Waals surface area contributed by atoms with Crippen molar-refractivity contribution in [1.29, 1.82) is 0 Å². The smallest absolute Gasteiger partial charge is 0.274 e. The predicted octanol–water partition coefficient (Wildman–Crippen LogP) is 4.52. The second kappa shape index (κ2) is 7.98. The first-order valence-corrected chi connectivity index (χ1v) is 8.98. The quantitative estimate of drug-likeness (QED) is 0.501. The Balaban J connectivity index is 1.72. The Morgan fingerprint density at radius 1 is 1.26 bits per heavy atom. The molecule has 6 nitrogen and oxygen atoms in total. The standard InChI is InChI=1S/C19H18Cl2N4O2/c1-11-8-16(13(3)27-11)19(26)23-22-9-17-12(2)24-25(18(17)21)10-14-4-6-15(20)7-5-14/h4-9H,10H2,1-3H3,(H,23,26)/b22-9-. The Bertz CT molecular complexity index is 1000. The van der Waals surface area contributed by atoms with Crippen LogP contribution in [0.5, 0.6) is 0 Å². The molecule has 0 unspecified atom stereocenters. The van der Waals surface area contributed by atoms with Crippen LogP contribution in [0.3, 0.4) is 0 Å². The number of nitrogens with zero attached hydrogens (tertiary/aromatic N) is 3. The molecule has 0 bridgehead atoms. The van der Waals surface area contributed by atoms with Crippen molar-refractivity contribution >= 4 is 35.3 Å². The fraction of sp³-hybridized carbons (Fsp3) is 0.211. The maximum absolute atomic E-state index is 12.2. The van der Waals surface area contributed by atoms with Gasteiger partial charge in [-0.2, -0.15) is 10.2 Å². The topological polar surface area (TPSA) is 72.4 Å². The maximum Gasteiger partial charge on any atom is 0.274 e. The number of nitrogens with one attached hydrogen (secondary N) is 1. The van der Waals surface area contributed by atoms with Crippen molar-refractivity contribution in [2.75, 3.05) is 0 Å². The number of aromatic nitrogens is 2. The van der Waals surface area contributed by atoms with Crippen LogP contribution in [-0.4, -0.2) is 21.9 Å². The van der Waals surface area contributed by atoms with Gasteiger partial charge in [-0.05, 0) is 44.5 Å². The summed E-state index contributed by atoms with van der Waals surface area (Å²) in [5, 5.41) is 9.55. The molecule has 3 aromatic rings. The van der Waals surface area contributed by atoms with Crippen LogP contribution in [0.25, 0.3) is 0 Å². The lowest BCUT2D eigenvalue weighted by Gasteiger charge is -2.03. The van der Waals surface area contributed by atoms with Crippen molar-refractivity contribution < 1.29 is 9.21 Å². The molecule has 1 amide bonds. The second-order valence-electron chi connectivity index (χ2n) is 6.10. The monoisotopic (exact) mass is 404 g/mol.